The molecule has 0 radical (unpaired) electrons. The number of para-hydroxylation sites is 1. The summed E-state index contributed by atoms with van der Waals surface area (Å²) in [6.07, 6.45) is 0. The Kier molecular flexibility index (Phi) is 4.03. The van der Waals surface area contributed by atoms with Crippen molar-refractivity contribution < 1.29 is 24.9 Å². The van der Waals surface area contributed by atoms with E-state index in [0.717, 1.165) is 12.1 Å². The number of imide groups is 1. The average molecular weight is 303 g/mol. The first-order chi connectivity index (χ1) is 10.4. The van der Waals surface area contributed by atoms with Gasteiger partial charge in [0, 0.05) is 17.8 Å². The van der Waals surface area contributed by atoms with Crippen molar-refractivity contribution >= 4 is 23.3 Å². The summed E-state index contributed by atoms with van der Waals surface area (Å²) < 4.78 is 0. The summed E-state index contributed by atoms with van der Waals surface area (Å²) in [4.78, 5) is 23.6. The minimum absolute atomic E-state index is 0.0147. The van der Waals surface area contributed by atoms with Gasteiger partial charge in [-0.3, -0.25) is 10.1 Å². The summed E-state index contributed by atoms with van der Waals surface area (Å²) in [5.41, 5.74) is 5.95. The summed E-state index contributed by atoms with van der Waals surface area (Å²) in [5.74, 6) is -2.65. The number of nitrogens with two attached hydrogens (primary N) is 1. The van der Waals surface area contributed by atoms with Crippen LogP contribution in [0.2, 0.25) is 0 Å². The maximum atomic E-state index is 11.9. The summed E-state index contributed by atoms with van der Waals surface area (Å²) >= 11 is 0. The second-order valence-electron chi connectivity index (χ2n) is 4.36. The minimum Gasteiger partial charge on any atom is -0.504 e. The number of carbonyl (C=O) groups excluding carboxylic acids is 2. The van der Waals surface area contributed by atoms with Crippen molar-refractivity contribution in [3.8, 4) is 17.2 Å². The molecule has 0 bridgehead atoms. The molecule has 0 aromatic heterocycles. The lowest BCUT2D eigenvalue weighted by Crippen LogP contribution is -2.34. The van der Waals surface area contributed by atoms with Crippen LogP contribution in [-0.4, -0.2) is 27.3 Å². The first kappa shape index (κ1) is 15.0. The van der Waals surface area contributed by atoms with Crippen LogP contribution >= 0.6 is 0 Å². The number of anilines is 2. The van der Waals surface area contributed by atoms with Crippen molar-refractivity contribution in [1.29, 1.82) is 0 Å². The highest BCUT2D eigenvalue weighted by Gasteiger charge is 2.14. The minimum atomic E-state index is -0.891. The van der Waals surface area contributed by atoms with E-state index in [9.17, 15) is 24.9 Å². The van der Waals surface area contributed by atoms with E-state index in [1.165, 1.54) is 12.1 Å². The van der Waals surface area contributed by atoms with Gasteiger partial charge in [-0.25, -0.2) is 4.79 Å². The van der Waals surface area contributed by atoms with Crippen LogP contribution in [0.25, 0.3) is 0 Å². The van der Waals surface area contributed by atoms with E-state index >= 15 is 0 Å². The third-order valence-electron chi connectivity index (χ3n) is 2.76. The predicted octanol–water partition coefficient (Wildman–Crippen LogP) is 1.35. The van der Waals surface area contributed by atoms with E-state index < -0.39 is 29.2 Å². The molecular weight excluding hydrogens is 290 g/mol. The highest BCUT2D eigenvalue weighted by Crippen LogP contribution is 2.37. The van der Waals surface area contributed by atoms with E-state index in [1.807, 2.05) is 5.32 Å². The van der Waals surface area contributed by atoms with Crippen LogP contribution in [0.1, 0.15) is 10.4 Å². The highest BCUT2D eigenvalue weighted by atomic mass is 16.3. The summed E-state index contributed by atoms with van der Waals surface area (Å²) in [6, 6.07) is 7.34. The molecule has 0 spiro atoms. The average Bonchev–Trinajstić information content (AvgIpc) is 2.44. The first-order valence-electron chi connectivity index (χ1n) is 6.10. The topological polar surface area (TPSA) is 145 Å². The van der Waals surface area contributed by atoms with Gasteiger partial charge in [0.2, 0.25) is 0 Å². The molecule has 0 fully saturated rings. The molecule has 8 nitrogen and oxygen atoms in total. The Morgan fingerprint density at radius 3 is 2.18 bits per heavy atom. The molecule has 2 aromatic carbocycles. The number of phenols is 3. The molecule has 0 unspecified atom stereocenters. The number of nitrogens with one attached hydrogen (secondary N) is 2. The Balaban J connectivity index is 2.08. The fourth-order valence-corrected chi connectivity index (χ4v) is 1.71. The second kappa shape index (κ2) is 5.92. The quantitative estimate of drug-likeness (QED) is 0.280. The molecule has 114 valence electrons. The van der Waals surface area contributed by atoms with Gasteiger partial charge in [-0.15, -0.1) is 0 Å². The zero-order valence-electron chi connectivity index (χ0n) is 11.2. The van der Waals surface area contributed by atoms with Gasteiger partial charge in [-0.05, 0) is 12.1 Å². The van der Waals surface area contributed by atoms with Gasteiger partial charge in [0.05, 0.1) is 11.3 Å². The van der Waals surface area contributed by atoms with Crippen LogP contribution in [0.15, 0.2) is 36.4 Å². The Hall–Kier alpha value is -3.42. The zero-order valence-corrected chi connectivity index (χ0v) is 11.2. The summed E-state index contributed by atoms with van der Waals surface area (Å²) in [6.45, 7) is 0. The molecule has 0 aliphatic rings. The molecule has 0 atom stereocenters. The fraction of sp³-hybridized carbons (Fsp3) is 0. The lowest BCUT2D eigenvalue weighted by Gasteiger charge is -2.09. The van der Waals surface area contributed by atoms with Crippen molar-refractivity contribution in [1.82, 2.24) is 5.32 Å². The number of urea groups is 1. The Morgan fingerprint density at radius 2 is 1.59 bits per heavy atom. The van der Waals surface area contributed by atoms with E-state index in [2.05, 4.69) is 5.32 Å². The van der Waals surface area contributed by atoms with Gasteiger partial charge in [-0.2, -0.15) is 0 Å². The van der Waals surface area contributed by atoms with Crippen molar-refractivity contribution in [2.24, 2.45) is 0 Å². The number of phenolic OH excluding ortho intramolecular Hbond substituents is 3. The molecule has 0 heterocycles. The molecule has 2 rings (SSSR count). The third kappa shape index (κ3) is 3.18. The fourth-order valence-electron chi connectivity index (χ4n) is 1.71. The first-order valence-corrected chi connectivity index (χ1v) is 6.10. The van der Waals surface area contributed by atoms with Crippen LogP contribution in [0, 0.1) is 0 Å². The van der Waals surface area contributed by atoms with Crippen molar-refractivity contribution in [2.75, 3.05) is 11.1 Å². The Morgan fingerprint density at radius 1 is 1.00 bits per heavy atom. The van der Waals surface area contributed by atoms with Gasteiger partial charge in [0.15, 0.2) is 17.2 Å². The maximum Gasteiger partial charge on any atom is 0.326 e. The molecule has 0 aliphatic carbocycles. The lowest BCUT2D eigenvalue weighted by atomic mass is 10.2. The van der Waals surface area contributed by atoms with Crippen LogP contribution in [0.5, 0.6) is 17.2 Å². The lowest BCUT2D eigenvalue weighted by molar-refractivity contribution is 0.0968. The van der Waals surface area contributed by atoms with Gasteiger partial charge >= 0.3 is 6.03 Å². The van der Waals surface area contributed by atoms with E-state index in [1.54, 1.807) is 12.1 Å². The Labute approximate surface area is 124 Å². The molecule has 2 aromatic rings. The van der Waals surface area contributed by atoms with Crippen LogP contribution in [0.3, 0.4) is 0 Å². The molecule has 0 saturated carbocycles. The normalized spacial score (nSPS) is 10.0. The largest absolute Gasteiger partial charge is 0.504 e. The number of hydrogen-bond donors (Lipinski definition) is 6. The number of nitrogen functional groups attached to an aromatic ring is 1. The van der Waals surface area contributed by atoms with E-state index in [4.69, 9.17) is 5.73 Å². The van der Waals surface area contributed by atoms with E-state index in [-0.39, 0.29) is 16.9 Å². The molecule has 0 aliphatic heterocycles. The Bertz CT molecular complexity index is 722. The number of amides is 3. The standard InChI is InChI=1S/C14H13N3O5/c15-9-4-2-1-3-8(9)13(21)17-14(22)16-7-5-10(18)12(20)11(19)6-7/h1-6,18-20H,15H2,(H2,16,17,21,22). The monoisotopic (exact) mass is 303 g/mol. The summed E-state index contributed by atoms with van der Waals surface area (Å²) in [5, 5.41) is 32.1. The van der Waals surface area contributed by atoms with Crippen molar-refractivity contribution in [3.05, 3.63) is 42.0 Å². The van der Waals surface area contributed by atoms with Gasteiger partial charge in [0.25, 0.3) is 5.91 Å². The maximum absolute atomic E-state index is 11.9. The SMILES string of the molecule is Nc1ccccc1C(=O)NC(=O)Nc1cc(O)c(O)c(O)c1. The molecular formula is C14H13N3O5. The highest BCUT2D eigenvalue weighted by molar-refractivity contribution is 6.10. The second-order valence-corrected chi connectivity index (χ2v) is 4.36. The molecule has 8 heteroatoms. The zero-order chi connectivity index (χ0) is 16.3. The molecule has 7 N–H and O–H groups in total. The smallest absolute Gasteiger partial charge is 0.326 e. The number of hydrogen-bond acceptors (Lipinski definition) is 6. The number of carbonyl (C=O) groups is 2. The number of aromatic hydroxyl groups is 3. The van der Waals surface area contributed by atoms with Gasteiger partial charge in [0.1, 0.15) is 0 Å². The molecule has 0 saturated heterocycles. The van der Waals surface area contributed by atoms with E-state index in [0.29, 0.717) is 0 Å². The molecule has 22 heavy (non-hydrogen) atoms. The number of rotatable bonds is 2. The summed E-state index contributed by atoms with van der Waals surface area (Å²) in [7, 11) is 0. The van der Waals surface area contributed by atoms with Crippen LogP contribution in [0.4, 0.5) is 16.2 Å². The van der Waals surface area contributed by atoms with Crippen LogP contribution < -0.4 is 16.4 Å². The van der Waals surface area contributed by atoms with Gasteiger partial charge in [-0.1, -0.05) is 12.1 Å². The van der Waals surface area contributed by atoms with Crippen molar-refractivity contribution in [3.63, 3.8) is 0 Å². The third-order valence-corrected chi connectivity index (χ3v) is 2.76. The van der Waals surface area contributed by atoms with Gasteiger partial charge < -0.3 is 26.4 Å². The number of benzene rings is 2. The molecule has 3 amide bonds. The van der Waals surface area contributed by atoms with Crippen LogP contribution in [-0.2, 0) is 0 Å². The van der Waals surface area contributed by atoms with Crippen molar-refractivity contribution in [2.45, 2.75) is 0 Å². The predicted molar refractivity (Wildman–Crippen MR) is 78.8 cm³/mol.